The summed E-state index contributed by atoms with van der Waals surface area (Å²) in [6, 6.07) is 5.00. The molecule has 5 nitrogen and oxygen atoms in total. The van der Waals surface area contributed by atoms with Crippen molar-refractivity contribution in [3.05, 3.63) is 41.0 Å². The van der Waals surface area contributed by atoms with Crippen molar-refractivity contribution in [2.75, 3.05) is 13.2 Å². The zero-order valence-corrected chi connectivity index (χ0v) is 17.4. The molecule has 1 rings (SSSR count). The van der Waals surface area contributed by atoms with Crippen LogP contribution in [-0.2, 0) is 24.1 Å². The first kappa shape index (κ1) is 23.5. The number of alkyl halides is 2. The Morgan fingerprint density at radius 1 is 1.07 bits per heavy atom. The highest BCUT2D eigenvalue weighted by atomic mass is 31.2. The Bertz CT molecular complexity index is 738. The van der Waals surface area contributed by atoms with Crippen molar-refractivity contribution in [1.82, 2.24) is 0 Å². The van der Waals surface area contributed by atoms with Crippen molar-refractivity contribution in [3.8, 4) is 0 Å². The topological polar surface area (TPSA) is 72.8 Å². The van der Waals surface area contributed by atoms with Crippen LogP contribution in [0.1, 0.15) is 52.7 Å². The summed E-state index contributed by atoms with van der Waals surface area (Å²) in [5.41, 5.74) is -3.81. The number of allylic oxidation sites excluding steroid dienone is 1. The molecule has 0 aliphatic heterocycles. The maximum absolute atomic E-state index is 14.8. The van der Waals surface area contributed by atoms with Crippen molar-refractivity contribution in [2.45, 2.75) is 47.2 Å². The van der Waals surface area contributed by atoms with Gasteiger partial charge in [-0.1, -0.05) is 45.0 Å². The maximum atomic E-state index is 14.8. The third-order valence-corrected chi connectivity index (χ3v) is 6.09. The van der Waals surface area contributed by atoms with E-state index in [1.165, 1.54) is 26.0 Å². The number of benzene rings is 1. The van der Waals surface area contributed by atoms with Crippen LogP contribution >= 0.6 is 7.60 Å². The molecular formula is C19H27F2O5P. The van der Waals surface area contributed by atoms with Gasteiger partial charge in [0.15, 0.2) is 0 Å². The quantitative estimate of drug-likeness (QED) is 0.431. The molecule has 152 valence electrons. The number of rotatable bonds is 8. The van der Waals surface area contributed by atoms with E-state index in [0.717, 1.165) is 12.1 Å². The van der Waals surface area contributed by atoms with Gasteiger partial charge >= 0.3 is 19.2 Å². The van der Waals surface area contributed by atoms with E-state index in [4.69, 9.17) is 9.05 Å². The number of carbonyl (C=O) groups is 1. The van der Waals surface area contributed by atoms with Gasteiger partial charge in [-0.05, 0) is 37.3 Å². The number of carboxylic acid groups (broad SMARTS) is 1. The maximum Gasteiger partial charge on any atom is 0.404 e. The lowest BCUT2D eigenvalue weighted by atomic mass is 9.82. The van der Waals surface area contributed by atoms with Crippen LogP contribution in [0.2, 0.25) is 0 Å². The van der Waals surface area contributed by atoms with Crippen molar-refractivity contribution in [2.24, 2.45) is 5.41 Å². The highest BCUT2D eigenvalue weighted by Gasteiger charge is 2.54. The van der Waals surface area contributed by atoms with Gasteiger partial charge in [0, 0.05) is 11.1 Å². The molecule has 27 heavy (non-hydrogen) atoms. The molecule has 0 radical (unpaired) electrons. The molecule has 0 bridgehead atoms. The predicted octanol–water partition coefficient (Wildman–Crippen LogP) is 5.91. The average molecular weight is 404 g/mol. The zero-order chi connectivity index (χ0) is 21.0. The first-order chi connectivity index (χ1) is 12.3. The Morgan fingerprint density at radius 2 is 1.52 bits per heavy atom. The highest BCUT2D eigenvalue weighted by Crippen LogP contribution is 2.66. The second-order valence-corrected chi connectivity index (χ2v) is 9.08. The second-order valence-electron chi connectivity index (χ2n) is 7.01. The fourth-order valence-corrected chi connectivity index (χ4v) is 4.35. The van der Waals surface area contributed by atoms with Crippen LogP contribution in [0, 0.1) is 5.41 Å². The van der Waals surface area contributed by atoms with Gasteiger partial charge in [-0.3, -0.25) is 4.57 Å². The minimum Gasteiger partial charge on any atom is -0.478 e. The van der Waals surface area contributed by atoms with Crippen LogP contribution in [0.15, 0.2) is 29.8 Å². The van der Waals surface area contributed by atoms with E-state index in [9.17, 15) is 23.2 Å². The molecule has 0 saturated carbocycles. The lowest BCUT2D eigenvalue weighted by Gasteiger charge is -2.26. The summed E-state index contributed by atoms with van der Waals surface area (Å²) in [5, 5.41) is 9.50. The summed E-state index contributed by atoms with van der Waals surface area (Å²) in [6.45, 7) is 9.49. The third kappa shape index (κ3) is 5.03. The van der Waals surface area contributed by atoms with Crippen molar-refractivity contribution < 1.29 is 32.3 Å². The molecule has 0 unspecified atom stereocenters. The molecule has 0 spiro atoms. The van der Waals surface area contributed by atoms with Gasteiger partial charge in [0.2, 0.25) is 0 Å². The van der Waals surface area contributed by atoms with Gasteiger partial charge in [-0.15, -0.1) is 0 Å². The number of aliphatic carboxylic acids is 1. The summed E-state index contributed by atoms with van der Waals surface area (Å²) in [5.74, 6) is -1.06. The van der Waals surface area contributed by atoms with E-state index < -0.39 is 30.2 Å². The van der Waals surface area contributed by atoms with Gasteiger partial charge in [0.05, 0.1) is 13.2 Å². The summed E-state index contributed by atoms with van der Waals surface area (Å²) < 4.78 is 51.6. The van der Waals surface area contributed by atoms with E-state index in [0.29, 0.717) is 11.1 Å². The number of hydrogen-bond donors (Lipinski definition) is 1. The molecule has 1 aromatic rings. The Kier molecular flexibility index (Phi) is 7.51. The van der Waals surface area contributed by atoms with Gasteiger partial charge < -0.3 is 14.2 Å². The Labute approximate surface area is 158 Å². The van der Waals surface area contributed by atoms with Crippen LogP contribution < -0.4 is 0 Å². The smallest absolute Gasteiger partial charge is 0.404 e. The fraction of sp³-hybridized carbons (Fsp3) is 0.526. The molecular weight excluding hydrogens is 377 g/mol. The van der Waals surface area contributed by atoms with E-state index >= 15 is 0 Å². The van der Waals surface area contributed by atoms with Crippen molar-refractivity contribution in [3.63, 3.8) is 0 Å². The molecule has 0 atom stereocenters. The first-order valence-electron chi connectivity index (χ1n) is 8.64. The SMILES string of the molecule is CCOP(=O)(OCC)C(F)(F)c1ccc(C(C)=C(C(=O)O)C(C)(C)C)cc1. The van der Waals surface area contributed by atoms with Crippen molar-refractivity contribution >= 4 is 19.1 Å². The molecule has 0 fully saturated rings. The highest BCUT2D eigenvalue weighted by molar-refractivity contribution is 7.54. The van der Waals surface area contributed by atoms with Crippen LogP contribution in [0.5, 0.6) is 0 Å². The molecule has 1 N–H and O–H groups in total. The molecule has 0 amide bonds. The standard InChI is InChI=1S/C19H27F2O5P/c1-7-25-27(24,26-8-2)19(20,21)15-11-9-14(10-12-15)13(3)16(17(22)23)18(4,5)6/h9-12H,7-8H2,1-6H3,(H,22,23). The molecule has 1 aromatic carbocycles. The molecule has 8 heteroatoms. The summed E-state index contributed by atoms with van der Waals surface area (Å²) in [6.07, 6.45) is 0. The number of carboxylic acids is 1. The Morgan fingerprint density at radius 3 is 1.85 bits per heavy atom. The largest absolute Gasteiger partial charge is 0.478 e. The first-order valence-corrected chi connectivity index (χ1v) is 10.2. The van der Waals surface area contributed by atoms with E-state index in [1.807, 2.05) is 0 Å². The fourth-order valence-electron chi connectivity index (χ4n) is 2.81. The van der Waals surface area contributed by atoms with Gasteiger partial charge in [0.25, 0.3) is 0 Å². The molecule has 0 aromatic heterocycles. The van der Waals surface area contributed by atoms with Crippen LogP contribution in [-0.4, -0.2) is 24.3 Å². The molecule has 0 aliphatic rings. The van der Waals surface area contributed by atoms with Crippen LogP contribution in [0.25, 0.3) is 5.57 Å². The minimum absolute atomic E-state index is 0.180. The van der Waals surface area contributed by atoms with Crippen LogP contribution in [0.3, 0.4) is 0 Å². The minimum atomic E-state index is -4.68. The average Bonchev–Trinajstić information content (AvgIpc) is 2.53. The molecule has 0 saturated heterocycles. The molecule has 0 heterocycles. The van der Waals surface area contributed by atoms with Crippen LogP contribution in [0.4, 0.5) is 8.78 Å². The number of hydrogen-bond acceptors (Lipinski definition) is 4. The zero-order valence-electron chi connectivity index (χ0n) is 16.5. The summed E-state index contributed by atoms with van der Waals surface area (Å²) in [4.78, 5) is 11.6. The van der Waals surface area contributed by atoms with E-state index in [2.05, 4.69) is 0 Å². The van der Waals surface area contributed by atoms with Crippen molar-refractivity contribution in [1.29, 1.82) is 0 Å². The summed E-state index contributed by atoms with van der Waals surface area (Å²) >= 11 is 0. The normalized spacial score (nSPS) is 14.1. The second kappa shape index (κ2) is 8.63. The monoisotopic (exact) mass is 404 g/mol. The van der Waals surface area contributed by atoms with Gasteiger partial charge in [0.1, 0.15) is 0 Å². The van der Waals surface area contributed by atoms with E-state index in [1.54, 1.807) is 27.7 Å². The predicted molar refractivity (Wildman–Crippen MR) is 101 cm³/mol. The molecule has 0 aliphatic carbocycles. The van der Waals surface area contributed by atoms with Gasteiger partial charge in [-0.25, -0.2) is 4.79 Å². The summed E-state index contributed by atoms with van der Waals surface area (Å²) in [7, 11) is -4.68. The van der Waals surface area contributed by atoms with Gasteiger partial charge in [-0.2, -0.15) is 8.78 Å². The Hall–Kier alpha value is -1.56. The lowest BCUT2D eigenvalue weighted by molar-refractivity contribution is -0.133. The number of halogens is 2. The van der Waals surface area contributed by atoms with E-state index in [-0.39, 0.29) is 18.8 Å². The lowest BCUT2D eigenvalue weighted by Crippen LogP contribution is -2.19. The Balaban J connectivity index is 3.40. The third-order valence-electron chi connectivity index (χ3n) is 3.95.